The molecule has 1 N–H and O–H groups in total. The molecule has 2 aromatic heterocycles. The minimum absolute atomic E-state index is 0.0000873. The Kier molecular flexibility index (Phi) is 8.17. The van der Waals surface area contributed by atoms with Gasteiger partial charge in [-0.15, -0.1) is 0 Å². The quantitative estimate of drug-likeness (QED) is 0.292. The number of hydrogen-bond acceptors (Lipinski definition) is 5. The zero-order valence-electron chi connectivity index (χ0n) is 24.6. The minimum atomic E-state index is -1.01. The van der Waals surface area contributed by atoms with Crippen molar-refractivity contribution in [1.29, 1.82) is 0 Å². The number of hydrogen-bond donors (Lipinski definition) is 1. The highest BCUT2D eigenvalue weighted by molar-refractivity contribution is 5.98. The zero-order chi connectivity index (χ0) is 30.1. The lowest BCUT2D eigenvalue weighted by molar-refractivity contribution is -0.132. The standard InChI is InChI=1S/C34H37FN4O4/c1-37(2)20-31(40)38-14-15-39-30-17-23(34(41)42)9-11-28(30)32(27-7-3-4-8-29(27)35)33(39)26-12-10-25(16-24(26)19-38)43-21-22-6-5-13-36-18-22/h5-6,9-13,16-18,27,29H,3-4,7-8,14-15,19-21H2,1-2H3,(H,41,42)/t27-,29-/m1/s1. The fourth-order valence-electron chi connectivity index (χ4n) is 6.58. The normalized spacial score (nSPS) is 18.6. The van der Waals surface area contributed by atoms with Crippen molar-refractivity contribution in [2.45, 2.75) is 57.5 Å². The predicted octanol–water partition coefficient (Wildman–Crippen LogP) is 5.88. The van der Waals surface area contributed by atoms with Crippen LogP contribution in [0.1, 0.15) is 58.6 Å². The van der Waals surface area contributed by atoms with Gasteiger partial charge in [-0.3, -0.25) is 9.78 Å². The molecule has 6 rings (SSSR count). The second-order valence-electron chi connectivity index (χ2n) is 11.9. The summed E-state index contributed by atoms with van der Waals surface area (Å²) in [6.07, 6.45) is 5.59. The summed E-state index contributed by atoms with van der Waals surface area (Å²) >= 11 is 0. The molecule has 1 fully saturated rings. The van der Waals surface area contributed by atoms with Gasteiger partial charge in [0, 0.05) is 60.0 Å². The highest BCUT2D eigenvalue weighted by Gasteiger charge is 2.34. The molecule has 1 aliphatic heterocycles. The molecule has 9 heteroatoms. The Morgan fingerprint density at radius 2 is 1.93 bits per heavy atom. The van der Waals surface area contributed by atoms with Gasteiger partial charge in [0.15, 0.2) is 0 Å². The first-order valence-corrected chi connectivity index (χ1v) is 14.9. The molecule has 1 amide bonds. The van der Waals surface area contributed by atoms with E-state index in [1.807, 2.05) is 60.3 Å². The molecule has 1 saturated carbocycles. The first-order valence-electron chi connectivity index (χ1n) is 14.9. The van der Waals surface area contributed by atoms with Crippen LogP contribution in [0.2, 0.25) is 0 Å². The highest BCUT2D eigenvalue weighted by atomic mass is 19.1. The van der Waals surface area contributed by atoms with Crippen LogP contribution in [0.3, 0.4) is 0 Å². The monoisotopic (exact) mass is 584 g/mol. The second kappa shape index (κ2) is 12.2. The summed E-state index contributed by atoms with van der Waals surface area (Å²) in [4.78, 5) is 33.3. The van der Waals surface area contributed by atoms with Gasteiger partial charge in [0.25, 0.3) is 0 Å². The first kappa shape index (κ1) is 28.9. The van der Waals surface area contributed by atoms with Gasteiger partial charge in [-0.25, -0.2) is 9.18 Å². The average molecular weight is 585 g/mol. The maximum absolute atomic E-state index is 15.7. The lowest BCUT2D eigenvalue weighted by Gasteiger charge is -2.31. The first-order chi connectivity index (χ1) is 20.8. The molecule has 2 atom stereocenters. The number of ether oxygens (including phenoxy) is 1. The molecule has 0 spiro atoms. The molecule has 0 unspecified atom stereocenters. The van der Waals surface area contributed by atoms with E-state index in [-0.39, 0.29) is 23.9 Å². The topological polar surface area (TPSA) is 87.9 Å². The predicted molar refractivity (Wildman–Crippen MR) is 163 cm³/mol. The van der Waals surface area contributed by atoms with Gasteiger partial charge < -0.3 is 24.2 Å². The number of carboxylic acids is 1. The van der Waals surface area contributed by atoms with Crippen molar-refractivity contribution < 1.29 is 23.8 Å². The maximum Gasteiger partial charge on any atom is 0.335 e. The van der Waals surface area contributed by atoms with Crippen LogP contribution in [0.4, 0.5) is 4.39 Å². The Morgan fingerprint density at radius 3 is 2.67 bits per heavy atom. The highest BCUT2D eigenvalue weighted by Crippen LogP contribution is 2.47. The lowest BCUT2D eigenvalue weighted by Crippen LogP contribution is -2.40. The Hall–Kier alpha value is -4.24. The third-order valence-corrected chi connectivity index (χ3v) is 8.62. The number of halogens is 1. The van der Waals surface area contributed by atoms with E-state index in [1.165, 1.54) is 0 Å². The molecule has 2 aromatic carbocycles. The van der Waals surface area contributed by atoms with Gasteiger partial charge in [0.05, 0.1) is 17.8 Å². The van der Waals surface area contributed by atoms with Gasteiger partial charge in [0.2, 0.25) is 5.91 Å². The van der Waals surface area contributed by atoms with Gasteiger partial charge in [-0.1, -0.05) is 25.0 Å². The average Bonchev–Trinajstić information content (AvgIpc) is 3.29. The van der Waals surface area contributed by atoms with E-state index in [0.717, 1.165) is 58.1 Å². The summed E-state index contributed by atoms with van der Waals surface area (Å²) in [7, 11) is 3.74. The number of benzene rings is 2. The van der Waals surface area contributed by atoms with Gasteiger partial charge in [-0.05, 0) is 74.5 Å². The number of aromatic nitrogens is 2. The SMILES string of the molecule is CN(C)CC(=O)N1CCn2c(c([C@@H]3CCCC[C@H]3F)c3ccc(C(=O)O)cc32)-c2ccc(OCc3cccnc3)cc2C1. The number of carbonyl (C=O) groups is 2. The van der Waals surface area contributed by atoms with Crippen molar-refractivity contribution in [2.24, 2.45) is 0 Å². The number of carbonyl (C=O) groups excluding carboxylic acids is 1. The van der Waals surface area contributed by atoms with Crippen molar-refractivity contribution in [3.63, 3.8) is 0 Å². The van der Waals surface area contributed by atoms with E-state index >= 15 is 4.39 Å². The third-order valence-electron chi connectivity index (χ3n) is 8.62. The minimum Gasteiger partial charge on any atom is -0.489 e. The Bertz CT molecular complexity index is 1650. The van der Waals surface area contributed by atoms with E-state index in [4.69, 9.17) is 4.74 Å². The van der Waals surface area contributed by atoms with Crippen LogP contribution < -0.4 is 4.74 Å². The molecule has 2 aliphatic rings. The van der Waals surface area contributed by atoms with E-state index in [1.54, 1.807) is 24.5 Å². The fraction of sp³-hybridized carbons (Fsp3) is 0.382. The van der Waals surface area contributed by atoms with Crippen LogP contribution in [0.15, 0.2) is 60.9 Å². The van der Waals surface area contributed by atoms with Crippen LogP contribution in [-0.2, 0) is 24.5 Å². The summed E-state index contributed by atoms with van der Waals surface area (Å²) in [5.74, 6) is -0.630. The van der Waals surface area contributed by atoms with Gasteiger partial charge in [-0.2, -0.15) is 0 Å². The number of rotatable bonds is 7. The number of aromatic carboxylic acids is 1. The maximum atomic E-state index is 15.7. The molecule has 8 nitrogen and oxygen atoms in total. The van der Waals surface area contributed by atoms with E-state index in [9.17, 15) is 14.7 Å². The molecule has 224 valence electrons. The lowest BCUT2D eigenvalue weighted by atomic mass is 9.80. The van der Waals surface area contributed by atoms with Gasteiger partial charge >= 0.3 is 5.97 Å². The fourth-order valence-corrected chi connectivity index (χ4v) is 6.58. The van der Waals surface area contributed by atoms with Crippen molar-refractivity contribution in [3.05, 3.63) is 83.2 Å². The number of carboxylic acid groups (broad SMARTS) is 1. The molecule has 1 aliphatic carbocycles. The van der Waals surface area contributed by atoms with Crippen molar-refractivity contribution in [3.8, 4) is 17.0 Å². The van der Waals surface area contributed by atoms with Crippen LogP contribution in [0.5, 0.6) is 5.75 Å². The number of nitrogens with zero attached hydrogens (tertiary/aromatic N) is 4. The number of alkyl halides is 1. The Labute approximate surface area is 250 Å². The Morgan fingerprint density at radius 1 is 1.09 bits per heavy atom. The number of amides is 1. The van der Waals surface area contributed by atoms with Crippen LogP contribution in [0.25, 0.3) is 22.2 Å². The molecular weight excluding hydrogens is 547 g/mol. The summed E-state index contributed by atoms with van der Waals surface area (Å²) < 4.78 is 24.0. The molecule has 0 radical (unpaired) electrons. The van der Waals surface area contributed by atoms with Crippen LogP contribution in [0, 0.1) is 0 Å². The van der Waals surface area contributed by atoms with E-state index in [0.29, 0.717) is 38.4 Å². The molecular formula is C34H37FN4O4. The molecule has 3 heterocycles. The van der Waals surface area contributed by atoms with Crippen LogP contribution >= 0.6 is 0 Å². The summed E-state index contributed by atoms with van der Waals surface area (Å²) in [6.45, 7) is 1.91. The van der Waals surface area contributed by atoms with E-state index in [2.05, 4.69) is 9.55 Å². The zero-order valence-corrected chi connectivity index (χ0v) is 24.6. The Balaban J connectivity index is 1.53. The number of pyridine rings is 1. The van der Waals surface area contributed by atoms with Crippen molar-refractivity contribution in [2.75, 3.05) is 27.2 Å². The molecule has 43 heavy (non-hydrogen) atoms. The summed E-state index contributed by atoms with van der Waals surface area (Å²) in [5.41, 5.74) is 5.56. The van der Waals surface area contributed by atoms with Gasteiger partial charge in [0.1, 0.15) is 18.5 Å². The van der Waals surface area contributed by atoms with Crippen LogP contribution in [-0.4, -0.2) is 69.7 Å². The van der Waals surface area contributed by atoms with E-state index < -0.39 is 12.1 Å². The molecule has 0 saturated heterocycles. The van der Waals surface area contributed by atoms with Crippen molar-refractivity contribution in [1.82, 2.24) is 19.4 Å². The number of likely N-dealkylation sites (N-methyl/N-ethyl adjacent to an activating group) is 1. The molecule has 0 bridgehead atoms. The smallest absolute Gasteiger partial charge is 0.335 e. The second-order valence-corrected chi connectivity index (χ2v) is 11.9. The third kappa shape index (κ3) is 5.86. The number of fused-ring (bicyclic) bond motifs is 5. The largest absolute Gasteiger partial charge is 0.489 e. The van der Waals surface area contributed by atoms with Crippen molar-refractivity contribution >= 4 is 22.8 Å². The summed E-state index contributed by atoms with van der Waals surface area (Å²) in [6, 6.07) is 14.9. The molecule has 4 aromatic rings. The summed E-state index contributed by atoms with van der Waals surface area (Å²) in [5, 5.41) is 10.7.